The maximum atomic E-state index is 12.9. The Morgan fingerprint density at radius 3 is 2.50 bits per heavy atom. The van der Waals surface area contributed by atoms with Crippen molar-refractivity contribution in [3.63, 3.8) is 0 Å². The van der Waals surface area contributed by atoms with Gasteiger partial charge in [-0.25, -0.2) is 9.59 Å². The van der Waals surface area contributed by atoms with E-state index in [2.05, 4.69) is 5.32 Å². The molecule has 0 aromatic heterocycles. The smallest absolute Gasteiger partial charge is 0.407 e. The summed E-state index contributed by atoms with van der Waals surface area (Å²) in [4.78, 5) is 38.6. The van der Waals surface area contributed by atoms with E-state index in [0.717, 1.165) is 12.0 Å². The first kappa shape index (κ1) is 21.7. The molecular formula is C21H30N2O5. The monoisotopic (exact) mass is 390 g/mol. The van der Waals surface area contributed by atoms with Crippen LogP contribution < -0.4 is 5.32 Å². The van der Waals surface area contributed by atoms with Crippen LogP contribution in [0.15, 0.2) is 30.3 Å². The zero-order chi connectivity index (χ0) is 20.7. The number of esters is 1. The Morgan fingerprint density at radius 2 is 1.89 bits per heavy atom. The number of ether oxygens (including phenoxy) is 2. The molecule has 7 heteroatoms. The van der Waals surface area contributed by atoms with E-state index in [0.29, 0.717) is 19.4 Å². The van der Waals surface area contributed by atoms with Crippen LogP contribution in [0.5, 0.6) is 0 Å². The Balaban J connectivity index is 2.08. The number of nitrogens with one attached hydrogen (secondary N) is 1. The number of rotatable bonds is 6. The summed E-state index contributed by atoms with van der Waals surface area (Å²) in [7, 11) is 1.32. The van der Waals surface area contributed by atoms with Gasteiger partial charge in [0.2, 0.25) is 5.91 Å². The van der Waals surface area contributed by atoms with Gasteiger partial charge in [0.25, 0.3) is 0 Å². The van der Waals surface area contributed by atoms with Crippen molar-refractivity contribution in [3.8, 4) is 0 Å². The fourth-order valence-electron chi connectivity index (χ4n) is 3.32. The zero-order valence-electron chi connectivity index (χ0n) is 17.1. The second-order valence-electron chi connectivity index (χ2n) is 8.01. The quantitative estimate of drug-likeness (QED) is 0.755. The Kier molecular flexibility index (Phi) is 7.43. The van der Waals surface area contributed by atoms with Crippen LogP contribution in [0.2, 0.25) is 0 Å². The van der Waals surface area contributed by atoms with Crippen molar-refractivity contribution < 1.29 is 23.9 Å². The molecule has 1 aromatic carbocycles. The lowest BCUT2D eigenvalue weighted by atomic mass is 10.0. The van der Waals surface area contributed by atoms with E-state index in [1.54, 1.807) is 25.7 Å². The number of nitrogens with zero attached hydrogens (tertiary/aromatic N) is 1. The van der Waals surface area contributed by atoms with E-state index in [4.69, 9.17) is 9.47 Å². The number of amides is 2. The van der Waals surface area contributed by atoms with Gasteiger partial charge in [-0.1, -0.05) is 30.3 Å². The van der Waals surface area contributed by atoms with Gasteiger partial charge in [-0.05, 0) is 45.6 Å². The second kappa shape index (κ2) is 9.57. The molecule has 1 saturated heterocycles. The number of carbonyl (C=O) groups excluding carboxylic acids is 3. The van der Waals surface area contributed by atoms with E-state index < -0.39 is 29.7 Å². The summed E-state index contributed by atoms with van der Waals surface area (Å²) in [5, 5.41) is 2.81. The van der Waals surface area contributed by atoms with E-state index in [1.165, 1.54) is 7.11 Å². The van der Waals surface area contributed by atoms with Crippen molar-refractivity contribution in [2.75, 3.05) is 13.7 Å². The zero-order valence-corrected chi connectivity index (χ0v) is 17.1. The molecule has 1 fully saturated rings. The lowest BCUT2D eigenvalue weighted by Crippen LogP contribution is -2.46. The summed E-state index contributed by atoms with van der Waals surface area (Å²) in [5.74, 6) is -0.574. The number of hydrogen-bond donors (Lipinski definition) is 1. The molecule has 28 heavy (non-hydrogen) atoms. The molecule has 1 aromatic rings. The minimum absolute atomic E-state index is 0.0850. The Bertz CT molecular complexity index is 684. The highest BCUT2D eigenvalue weighted by atomic mass is 16.6. The van der Waals surface area contributed by atoms with Crippen LogP contribution in [0.25, 0.3) is 0 Å². The van der Waals surface area contributed by atoms with Crippen LogP contribution in [0, 0.1) is 0 Å². The summed E-state index contributed by atoms with van der Waals surface area (Å²) >= 11 is 0. The highest BCUT2D eigenvalue weighted by molar-refractivity contribution is 5.85. The normalized spacial score (nSPS) is 17.7. The number of alkyl carbamates (subject to hydrolysis) is 1. The molecule has 0 unspecified atom stereocenters. The number of carbonyl (C=O) groups is 3. The van der Waals surface area contributed by atoms with Gasteiger partial charge in [-0.15, -0.1) is 0 Å². The number of likely N-dealkylation sites (tertiary alicyclic amines) is 1. The number of methoxy groups -OCH3 is 1. The third kappa shape index (κ3) is 6.55. The second-order valence-corrected chi connectivity index (χ2v) is 8.01. The highest BCUT2D eigenvalue weighted by Gasteiger charge is 2.35. The maximum absolute atomic E-state index is 12.9. The van der Waals surface area contributed by atoms with Crippen LogP contribution in [0.1, 0.15) is 45.6 Å². The summed E-state index contributed by atoms with van der Waals surface area (Å²) in [6.07, 6.45) is 1.37. The van der Waals surface area contributed by atoms with Gasteiger partial charge in [0, 0.05) is 19.0 Å². The average molecular weight is 390 g/mol. The summed E-state index contributed by atoms with van der Waals surface area (Å²) in [6, 6.07) is 8.64. The molecule has 1 N–H and O–H groups in total. The van der Waals surface area contributed by atoms with Gasteiger partial charge in [0.15, 0.2) is 0 Å². The summed E-state index contributed by atoms with van der Waals surface area (Å²) in [6.45, 7) is 5.88. The molecular weight excluding hydrogens is 360 g/mol. The van der Waals surface area contributed by atoms with E-state index in [1.807, 2.05) is 30.3 Å². The molecule has 1 aliphatic rings. The summed E-state index contributed by atoms with van der Waals surface area (Å²) < 4.78 is 10.2. The van der Waals surface area contributed by atoms with Gasteiger partial charge < -0.3 is 19.7 Å². The van der Waals surface area contributed by atoms with Crippen molar-refractivity contribution >= 4 is 18.0 Å². The van der Waals surface area contributed by atoms with Crippen LogP contribution in [-0.4, -0.2) is 54.2 Å². The first-order valence-electron chi connectivity index (χ1n) is 9.60. The fourth-order valence-corrected chi connectivity index (χ4v) is 3.32. The maximum Gasteiger partial charge on any atom is 0.407 e. The van der Waals surface area contributed by atoms with Gasteiger partial charge >= 0.3 is 12.1 Å². The molecule has 2 amide bonds. The average Bonchev–Trinajstić information content (AvgIpc) is 3.10. The minimum atomic E-state index is -0.629. The van der Waals surface area contributed by atoms with Gasteiger partial charge in [0.1, 0.15) is 11.6 Å². The molecule has 0 spiro atoms. The molecule has 1 heterocycles. The van der Waals surface area contributed by atoms with Crippen molar-refractivity contribution in [3.05, 3.63) is 35.9 Å². The molecule has 0 aliphatic carbocycles. The molecule has 1 aliphatic heterocycles. The lowest BCUT2D eigenvalue weighted by Gasteiger charge is -2.27. The first-order valence-corrected chi connectivity index (χ1v) is 9.60. The van der Waals surface area contributed by atoms with Crippen molar-refractivity contribution in [2.24, 2.45) is 0 Å². The molecule has 0 radical (unpaired) electrons. The lowest BCUT2D eigenvalue weighted by molar-refractivity contribution is -0.151. The largest absolute Gasteiger partial charge is 0.467 e. The van der Waals surface area contributed by atoms with E-state index >= 15 is 0 Å². The Morgan fingerprint density at radius 1 is 1.21 bits per heavy atom. The van der Waals surface area contributed by atoms with E-state index in [9.17, 15) is 14.4 Å². The predicted molar refractivity (Wildman–Crippen MR) is 105 cm³/mol. The van der Waals surface area contributed by atoms with Crippen LogP contribution in [0.3, 0.4) is 0 Å². The molecule has 7 nitrogen and oxygen atoms in total. The fraction of sp³-hybridized carbons (Fsp3) is 0.571. The first-order chi connectivity index (χ1) is 13.2. The SMILES string of the molecule is COC(=O)[C@@H]1CCCN1C(=O)C[C@H](Cc1ccccc1)NC(=O)OC(C)(C)C. The summed E-state index contributed by atoms with van der Waals surface area (Å²) in [5.41, 5.74) is 0.373. The number of benzene rings is 1. The molecule has 154 valence electrons. The predicted octanol–water partition coefficient (Wildman–Crippen LogP) is 2.68. The molecule has 2 rings (SSSR count). The number of hydrogen-bond acceptors (Lipinski definition) is 5. The van der Waals surface area contributed by atoms with Gasteiger partial charge in [-0.3, -0.25) is 4.79 Å². The molecule has 2 atom stereocenters. The molecule has 0 bridgehead atoms. The standard InChI is InChI=1S/C21H30N2O5/c1-21(2,3)28-20(26)22-16(13-15-9-6-5-7-10-15)14-18(24)23-12-8-11-17(23)19(25)27-4/h5-7,9-10,16-17H,8,11-14H2,1-4H3,(H,22,26)/t16-,17-/m0/s1. The van der Waals surface area contributed by atoms with Crippen LogP contribution >= 0.6 is 0 Å². The topological polar surface area (TPSA) is 84.9 Å². The third-order valence-electron chi connectivity index (χ3n) is 4.51. The Labute approximate surface area is 166 Å². The Hall–Kier alpha value is -2.57. The van der Waals surface area contributed by atoms with E-state index in [-0.39, 0.29) is 12.3 Å². The minimum Gasteiger partial charge on any atom is -0.467 e. The van der Waals surface area contributed by atoms with Crippen LogP contribution in [-0.2, 0) is 25.5 Å². The van der Waals surface area contributed by atoms with Gasteiger partial charge in [-0.2, -0.15) is 0 Å². The molecule has 0 saturated carbocycles. The van der Waals surface area contributed by atoms with Gasteiger partial charge in [0.05, 0.1) is 7.11 Å². The van der Waals surface area contributed by atoms with Crippen LogP contribution in [0.4, 0.5) is 4.79 Å². The van der Waals surface area contributed by atoms with Crippen molar-refractivity contribution in [2.45, 2.75) is 64.1 Å². The highest BCUT2D eigenvalue weighted by Crippen LogP contribution is 2.20. The van der Waals surface area contributed by atoms with Crippen molar-refractivity contribution in [1.82, 2.24) is 10.2 Å². The van der Waals surface area contributed by atoms with Crippen molar-refractivity contribution in [1.29, 1.82) is 0 Å². The third-order valence-corrected chi connectivity index (χ3v) is 4.51.